The van der Waals surface area contributed by atoms with Crippen molar-refractivity contribution in [2.45, 2.75) is 39.7 Å². The van der Waals surface area contributed by atoms with E-state index in [-0.39, 0.29) is 11.4 Å². The van der Waals surface area contributed by atoms with Crippen LogP contribution < -0.4 is 5.32 Å². The normalized spacial score (nSPS) is 13.8. The second-order valence-corrected chi connectivity index (χ2v) is 5.53. The summed E-state index contributed by atoms with van der Waals surface area (Å²) in [4.78, 5) is 0. The lowest BCUT2D eigenvalue weighted by molar-refractivity contribution is 0.379. The van der Waals surface area contributed by atoms with Gasteiger partial charge < -0.3 is 5.32 Å². The van der Waals surface area contributed by atoms with E-state index in [0.717, 1.165) is 18.5 Å². The van der Waals surface area contributed by atoms with E-state index in [0.29, 0.717) is 5.92 Å². The number of hydrogen-bond acceptors (Lipinski definition) is 1. The standard InChI is InChI=1S/C14H22FN/c1-11(10-16-14(2,3)4)9-12-7-5-6-8-13(12)15/h5-8,11,16H,9-10H2,1-4H3. The fourth-order valence-electron chi connectivity index (χ4n) is 1.59. The van der Waals surface area contributed by atoms with Gasteiger partial charge in [0.05, 0.1) is 0 Å². The molecule has 0 fully saturated rings. The number of rotatable bonds is 4. The van der Waals surface area contributed by atoms with Crippen LogP contribution >= 0.6 is 0 Å². The van der Waals surface area contributed by atoms with Gasteiger partial charge in [0.2, 0.25) is 0 Å². The second-order valence-electron chi connectivity index (χ2n) is 5.53. The Morgan fingerprint density at radius 3 is 2.44 bits per heavy atom. The lowest BCUT2D eigenvalue weighted by Gasteiger charge is -2.23. The molecule has 1 unspecified atom stereocenters. The van der Waals surface area contributed by atoms with Crippen molar-refractivity contribution in [2.24, 2.45) is 5.92 Å². The summed E-state index contributed by atoms with van der Waals surface area (Å²) in [5.74, 6) is 0.348. The maximum atomic E-state index is 13.4. The first kappa shape index (κ1) is 13.2. The van der Waals surface area contributed by atoms with E-state index < -0.39 is 0 Å². The zero-order valence-corrected chi connectivity index (χ0v) is 10.7. The van der Waals surface area contributed by atoms with Gasteiger partial charge in [0.15, 0.2) is 0 Å². The zero-order chi connectivity index (χ0) is 12.2. The highest BCUT2D eigenvalue weighted by Gasteiger charge is 2.12. The molecule has 0 saturated carbocycles. The first-order valence-electron chi connectivity index (χ1n) is 5.87. The smallest absolute Gasteiger partial charge is 0.126 e. The van der Waals surface area contributed by atoms with Gasteiger partial charge in [-0.25, -0.2) is 4.39 Å². The molecular weight excluding hydrogens is 201 g/mol. The van der Waals surface area contributed by atoms with Crippen LogP contribution in [0.2, 0.25) is 0 Å². The van der Waals surface area contributed by atoms with Gasteiger partial charge in [-0.3, -0.25) is 0 Å². The minimum Gasteiger partial charge on any atom is -0.312 e. The van der Waals surface area contributed by atoms with Crippen LogP contribution in [0.15, 0.2) is 24.3 Å². The molecule has 90 valence electrons. The van der Waals surface area contributed by atoms with Crippen LogP contribution in [0.4, 0.5) is 4.39 Å². The van der Waals surface area contributed by atoms with Crippen molar-refractivity contribution in [1.82, 2.24) is 5.32 Å². The molecular formula is C14H22FN. The van der Waals surface area contributed by atoms with Crippen molar-refractivity contribution in [3.05, 3.63) is 35.6 Å². The van der Waals surface area contributed by atoms with E-state index in [1.165, 1.54) is 6.07 Å². The van der Waals surface area contributed by atoms with E-state index in [2.05, 4.69) is 33.0 Å². The van der Waals surface area contributed by atoms with Gasteiger partial charge in [0, 0.05) is 5.54 Å². The summed E-state index contributed by atoms with van der Waals surface area (Å²) in [6.07, 6.45) is 0.787. The van der Waals surface area contributed by atoms with E-state index in [4.69, 9.17) is 0 Å². The molecule has 0 aromatic heterocycles. The predicted molar refractivity (Wildman–Crippen MR) is 67.0 cm³/mol. The summed E-state index contributed by atoms with van der Waals surface area (Å²) in [5, 5.41) is 3.44. The Morgan fingerprint density at radius 2 is 1.88 bits per heavy atom. The summed E-state index contributed by atoms with van der Waals surface area (Å²) < 4.78 is 13.4. The molecule has 1 rings (SSSR count). The third-order valence-electron chi connectivity index (χ3n) is 2.51. The predicted octanol–water partition coefficient (Wildman–Crippen LogP) is 3.39. The molecule has 0 bridgehead atoms. The fourth-order valence-corrected chi connectivity index (χ4v) is 1.59. The van der Waals surface area contributed by atoms with Gasteiger partial charge in [-0.2, -0.15) is 0 Å². The van der Waals surface area contributed by atoms with E-state index in [9.17, 15) is 4.39 Å². The zero-order valence-electron chi connectivity index (χ0n) is 10.7. The molecule has 0 radical (unpaired) electrons. The first-order chi connectivity index (χ1) is 7.38. The summed E-state index contributed by atoms with van der Waals surface area (Å²) in [7, 11) is 0. The number of benzene rings is 1. The van der Waals surface area contributed by atoms with Crippen molar-refractivity contribution in [2.75, 3.05) is 6.54 Å². The largest absolute Gasteiger partial charge is 0.312 e. The summed E-state index contributed by atoms with van der Waals surface area (Å²) in [5.41, 5.74) is 0.939. The molecule has 0 saturated heterocycles. The molecule has 1 aromatic carbocycles. The van der Waals surface area contributed by atoms with Crippen molar-refractivity contribution in [3.63, 3.8) is 0 Å². The lowest BCUT2D eigenvalue weighted by atomic mass is 9.99. The molecule has 1 nitrogen and oxygen atoms in total. The average molecular weight is 223 g/mol. The molecule has 1 atom stereocenters. The van der Waals surface area contributed by atoms with Gasteiger partial charge in [-0.1, -0.05) is 25.1 Å². The first-order valence-corrected chi connectivity index (χ1v) is 5.87. The maximum absolute atomic E-state index is 13.4. The summed E-state index contributed by atoms with van der Waals surface area (Å²) in [6.45, 7) is 9.48. The maximum Gasteiger partial charge on any atom is 0.126 e. The molecule has 1 aromatic rings. The summed E-state index contributed by atoms with van der Waals surface area (Å²) >= 11 is 0. The number of halogens is 1. The van der Waals surface area contributed by atoms with Gasteiger partial charge in [0.25, 0.3) is 0 Å². The van der Waals surface area contributed by atoms with Crippen LogP contribution in [-0.2, 0) is 6.42 Å². The van der Waals surface area contributed by atoms with Gasteiger partial charge in [-0.05, 0) is 51.3 Å². The quantitative estimate of drug-likeness (QED) is 0.825. The highest BCUT2D eigenvalue weighted by Crippen LogP contribution is 2.12. The highest BCUT2D eigenvalue weighted by atomic mass is 19.1. The van der Waals surface area contributed by atoms with E-state index in [1.54, 1.807) is 6.07 Å². The molecule has 0 aliphatic carbocycles. The van der Waals surface area contributed by atoms with E-state index in [1.807, 2.05) is 12.1 Å². The molecule has 0 heterocycles. The minimum absolute atomic E-state index is 0.0925. The third-order valence-corrected chi connectivity index (χ3v) is 2.51. The van der Waals surface area contributed by atoms with Crippen molar-refractivity contribution >= 4 is 0 Å². The van der Waals surface area contributed by atoms with Crippen LogP contribution in [0.1, 0.15) is 33.3 Å². The molecule has 0 aliphatic rings. The molecule has 0 aliphatic heterocycles. The molecule has 0 amide bonds. The monoisotopic (exact) mass is 223 g/mol. The van der Waals surface area contributed by atoms with Crippen LogP contribution in [0.25, 0.3) is 0 Å². The van der Waals surface area contributed by atoms with Gasteiger partial charge in [-0.15, -0.1) is 0 Å². The number of hydrogen-bond donors (Lipinski definition) is 1. The molecule has 0 spiro atoms. The topological polar surface area (TPSA) is 12.0 Å². The Balaban J connectivity index is 2.46. The van der Waals surface area contributed by atoms with Crippen LogP contribution in [0.3, 0.4) is 0 Å². The summed E-state index contributed by atoms with van der Waals surface area (Å²) in [6, 6.07) is 7.02. The van der Waals surface area contributed by atoms with Crippen LogP contribution in [0, 0.1) is 11.7 Å². The van der Waals surface area contributed by atoms with Gasteiger partial charge >= 0.3 is 0 Å². The van der Waals surface area contributed by atoms with Crippen LogP contribution in [-0.4, -0.2) is 12.1 Å². The molecule has 1 N–H and O–H groups in total. The lowest BCUT2D eigenvalue weighted by Crippen LogP contribution is -2.39. The van der Waals surface area contributed by atoms with Crippen molar-refractivity contribution < 1.29 is 4.39 Å². The molecule has 16 heavy (non-hydrogen) atoms. The van der Waals surface area contributed by atoms with E-state index >= 15 is 0 Å². The highest BCUT2D eigenvalue weighted by molar-refractivity contribution is 5.17. The second kappa shape index (κ2) is 5.44. The Bertz CT molecular complexity index is 328. The average Bonchev–Trinajstić information content (AvgIpc) is 2.18. The Morgan fingerprint density at radius 1 is 1.25 bits per heavy atom. The fraction of sp³-hybridized carbons (Fsp3) is 0.571. The SMILES string of the molecule is CC(CNC(C)(C)C)Cc1ccccc1F. The van der Waals surface area contributed by atoms with Crippen molar-refractivity contribution in [1.29, 1.82) is 0 Å². The Kier molecular flexibility index (Phi) is 4.48. The number of nitrogens with one attached hydrogen (secondary N) is 1. The van der Waals surface area contributed by atoms with Crippen molar-refractivity contribution in [3.8, 4) is 0 Å². The third kappa shape index (κ3) is 4.75. The Labute approximate surface area is 98.1 Å². The molecule has 2 heteroatoms. The minimum atomic E-state index is -0.0925. The Hall–Kier alpha value is -0.890. The van der Waals surface area contributed by atoms with Crippen LogP contribution in [0.5, 0.6) is 0 Å². The van der Waals surface area contributed by atoms with Gasteiger partial charge in [0.1, 0.15) is 5.82 Å².